The van der Waals surface area contributed by atoms with E-state index in [1.807, 2.05) is 11.8 Å². The lowest BCUT2D eigenvalue weighted by molar-refractivity contribution is -0.137. The topological polar surface area (TPSA) is 61.4 Å². The molecule has 1 aliphatic carbocycles. The zero-order valence-corrected chi connectivity index (χ0v) is 11.8. The third-order valence-corrected chi connectivity index (χ3v) is 4.38. The fourth-order valence-electron chi connectivity index (χ4n) is 2.95. The molecule has 0 radical (unpaired) electrons. The van der Waals surface area contributed by atoms with Crippen LogP contribution in [0.2, 0.25) is 0 Å². The molecule has 0 bridgehead atoms. The molecule has 2 amide bonds. The van der Waals surface area contributed by atoms with Crippen LogP contribution in [-0.2, 0) is 9.59 Å². The standard InChI is InChI=1S/C14H25N3O2/c1-14(5-3-2-4-6-14)13(19)16-11-12(18)17-9-7-15-8-10-17/h15H,2-11H2,1H3,(H,16,19). The smallest absolute Gasteiger partial charge is 0.242 e. The Morgan fingerprint density at radius 1 is 1.16 bits per heavy atom. The summed E-state index contributed by atoms with van der Waals surface area (Å²) in [6.45, 7) is 5.35. The van der Waals surface area contributed by atoms with Gasteiger partial charge in [-0.15, -0.1) is 0 Å². The molecule has 2 aliphatic rings. The Kier molecular flexibility index (Phi) is 4.80. The first-order chi connectivity index (χ1) is 9.12. The zero-order valence-electron chi connectivity index (χ0n) is 11.8. The van der Waals surface area contributed by atoms with Crippen LogP contribution in [0.15, 0.2) is 0 Å². The Morgan fingerprint density at radius 2 is 1.79 bits per heavy atom. The summed E-state index contributed by atoms with van der Waals surface area (Å²) >= 11 is 0. The lowest BCUT2D eigenvalue weighted by Crippen LogP contribution is -2.51. The highest BCUT2D eigenvalue weighted by Gasteiger charge is 2.34. The third-order valence-electron chi connectivity index (χ3n) is 4.38. The van der Waals surface area contributed by atoms with Crippen LogP contribution in [0.3, 0.4) is 0 Å². The summed E-state index contributed by atoms with van der Waals surface area (Å²) in [5.41, 5.74) is -0.262. The maximum atomic E-state index is 12.2. The van der Waals surface area contributed by atoms with Gasteiger partial charge < -0.3 is 15.5 Å². The lowest BCUT2D eigenvalue weighted by atomic mass is 9.75. The molecule has 0 unspecified atom stereocenters. The molecule has 1 saturated carbocycles. The number of amides is 2. The monoisotopic (exact) mass is 267 g/mol. The van der Waals surface area contributed by atoms with Crippen LogP contribution < -0.4 is 10.6 Å². The van der Waals surface area contributed by atoms with E-state index in [2.05, 4.69) is 10.6 Å². The summed E-state index contributed by atoms with van der Waals surface area (Å²) in [5.74, 6) is 0.0879. The van der Waals surface area contributed by atoms with E-state index in [-0.39, 0.29) is 23.8 Å². The molecule has 1 heterocycles. The summed E-state index contributed by atoms with van der Waals surface area (Å²) < 4.78 is 0. The van der Waals surface area contributed by atoms with Gasteiger partial charge in [0, 0.05) is 31.6 Å². The van der Waals surface area contributed by atoms with E-state index in [1.54, 1.807) is 0 Å². The van der Waals surface area contributed by atoms with Crippen molar-refractivity contribution in [2.24, 2.45) is 5.41 Å². The van der Waals surface area contributed by atoms with Crippen molar-refractivity contribution in [1.82, 2.24) is 15.5 Å². The van der Waals surface area contributed by atoms with Crippen molar-refractivity contribution in [2.45, 2.75) is 39.0 Å². The number of nitrogens with zero attached hydrogens (tertiary/aromatic N) is 1. The van der Waals surface area contributed by atoms with Crippen LogP contribution in [0.4, 0.5) is 0 Å². The van der Waals surface area contributed by atoms with E-state index in [0.717, 1.165) is 51.9 Å². The highest BCUT2D eigenvalue weighted by atomic mass is 16.2. The van der Waals surface area contributed by atoms with E-state index < -0.39 is 0 Å². The molecular formula is C14H25N3O2. The Bertz CT molecular complexity index is 332. The zero-order chi connectivity index (χ0) is 13.7. The summed E-state index contributed by atoms with van der Waals surface area (Å²) in [5, 5.41) is 6.05. The molecule has 5 nitrogen and oxygen atoms in total. The number of piperazine rings is 1. The van der Waals surface area contributed by atoms with Crippen LogP contribution in [0.5, 0.6) is 0 Å². The molecule has 2 rings (SSSR count). The van der Waals surface area contributed by atoms with Gasteiger partial charge >= 0.3 is 0 Å². The predicted octanol–water partition coefficient (Wildman–Crippen LogP) is 0.505. The Labute approximate surface area is 115 Å². The first-order valence-corrected chi connectivity index (χ1v) is 7.39. The Balaban J connectivity index is 1.77. The molecule has 0 aromatic heterocycles. The van der Waals surface area contributed by atoms with Crippen LogP contribution in [-0.4, -0.2) is 49.4 Å². The maximum Gasteiger partial charge on any atom is 0.242 e. The minimum atomic E-state index is -0.262. The summed E-state index contributed by atoms with van der Waals surface area (Å²) in [6, 6.07) is 0. The summed E-state index contributed by atoms with van der Waals surface area (Å²) in [4.78, 5) is 26.0. The quantitative estimate of drug-likeness (QED) is 0.783. The third kappa shape index (κ3) is 3.69. The largest absolute Gasteiger partial charge is 0.347 e. The molecule has 19 heavy (non-hydrogen) atoms. The summed E-state index contributed by atoms with van der Waals surface area (Å²) in [7, 11) is 0. The molecule has 0 aromatic carbocycles. The fourth-order valence-corrected chi connectivity index (χ4v) is 2.95. The van der Waals surface area contributed by atoms with Gasteiger partial charge in [-0.3, -0.25) is 9.59 Å². The number of carbonyl (C=O) groups is 2. The molecule has 0 aromatic rings. The second-order valence-corrected chi connectivity index (χ2v) is 5.93. The average Bonchev–Trinajstić information content (AvgIpc) is 2.46. The van der Waals surface area contributed by atoms with Gasteiger partial charge in [-0.1, -0.05) is 26.2 Å². The van der Waals surface area contributed by atoms with E-state index in [1.165, 1.54) is 6.42 Å². The highest BCUT2D eigenvalue weighted by Crippen LogP contribution is 2.35. The molecule has 1 aliphatic heterocycles. The van der Waals surface area contributed by atoms with Gasteiger partial charge in [0.25, 0.3) is 0 Å². The van der Waals surface area contributed by atoms with E-state index in [9.17, 15) is 9.59 Å². The van der Waals surface area contributed by atoms with Gasteiger partial charge in [-0.2, -0.15) is 0 Å². The van der Waals surface area contributed by atoms with E-state index in [0.29, 0.717) is 0 Å². The molecule has 2 fully saturated rings. The van der Waals surface area contributed by atoms with Gasteiger partial charge in [0.15, 0.2) is 0 Å². The van der Waals surface area contributed by atoms with Gasteiger partial charge in [0.2, 0.25) is 11.8 Å². The first-order valence-electron chi connectivity index (χ1n) is 7.39. The molecule has 0 atom stereocenters. The number of rotatable bonds is 3. The normalized spacial score (nSPS) is 22.9. The second kappa shape index (κ2) is 6.37. The minimum Gasteiger partial charge on any atom is -0.347 e. The maximum absolute atomic E-state index is 12.2. The van der Waals surface area contributed by atoms with Crippen LogP contribution in [0, 0.1) is 5.41 Å². The molecule has 2 N–H and O–H groups in total. The molecular weight excluding hydrogens is 242 g/mol. The number of nitrogens with one attached hydrogen (secondary N) is 2. The van der Waals surface area contributed by atoms with Gasteiger partial charge in [0.05, 0.1) is 6.54 Å². The van der Waals surface area contributed by atoms with Crippen molar-refractivity contribution in [2.75, 3.05) is 32.7 Å². The minimum absolute atomic E-state index is 0.0364. The van der Waals surface area contributed by atoms with Crippen molar-refractivity contribution < 1.29 is 9.59 Å². The number of hydrogen-bond acceptors (Lipinski definition) is 3. The Morgan fingerprint density at radius 3 is 2.42 bits per heavy atom. The van der Waals surface area contributed by atoms with Crippen molar-refractivity contribution in [3.63, 3.8) is 0 Å². The fraction of sp³-hybridized carbons (Fsp3) is 0.857. The van der Waals surface area contributed by atoms with E-state index in [4.69, 9.17) is 0 Å². The molecule has 5 heteroatoms. The van der Waals surface area contributed by atoms with Crippen molar-refractivity contribution in [3.05, 3.63) is 0 Å². The average molecular weight is 267 g/mol. The van der Waals surface area contributed by atoms with Gasteiger partial charge in [-0.25, -0.2) is 0 Å². The lowest BCUT2D eigenvalue weighted by Gasteiger charge is -2.32. The predicted molar refractivity (Wildman–Crippen MR) is 73.7 cm³/mol. The summed E-state index contributed by atoms with van der Waals surface area (Å²) in [6.07, 6.45) is 5.36. The van der Waals surface area contributed by atoms with Crippen molar-refractivity contribution in [3.8, 4) is 0 Å². The van der Waals surface area contributed by atoms with Crippen LogP contribution >= 0.6 is 0 Å². The SMILES string of the molecule is CC1(C(=O)NCC(=O)N2CCNCC2)CCCCC1. The van der Waals surface area contributed by atoms with Crippen LogP contribution in [0.1, 0.15) is 39.0 Å². The van der Waals surface area contributed by atoms with E-state index >= 15 is 0 Å². The number of hydrogen-bond donors (Lipinski definition) is 2. The van der Waals surface area contributed by atoms with Gasteiger partial charge in [-0.05, 0) is 12.8 Å². The van der Waals surface area contributed by atoms with Crippen molar-refractivity contribution >= 4 is 11.8 Å². The highest BCUT2D eigenvalue weighted by molar-refractivity contribution is 5.87. The molecule has 0 spiro atoms. The molecule has 1 saturated heterocycles. The first kappa shape index (κ1) is 14.3. The molecule has 108 valence electrons. The van der Waals surface area contributed by atoms with Crippen LogP contribution in [0.25, 0.3) is 0 Å². The second-order valence-electron chi connectivity index (χ2n) is 5.93. The van der Waals surface area contributed by atoms with Crippen molar-refractivity contribution in [1.29, 1.82) is 0 Å². The number of carbonyl (C=O) groups excluding carboxylic acids is 2. The Hall–Kier alpha value is -1.10. The van der Waals surface area contributed by atoms with Gasteiger partial charge in [0.1, 0.15) is 0 Å².